The molecule has 0 heterocycles. The molecule has 2 aromatic rings. The molecule has 82 valence electrons. The lowest BCUT2D eigenvalue weighted by molar-refractivity contribution is 0.899. The minimum Gasteiger partial charge on any atom is -0.120 e. The van der Waals surface area contributed by atoms with Gasteiger partial charge in [-0.3, -0.25) is 0 Å². The van der Waals surface area contributed by atoms with E-state index in [-0.39, 0.29) is 0 Å². The van der Waals surface area contributed by atoms with Crippen molar-refractivity contribution in [3.63, 3.8) is 0 Å². The van der Waals surface area contributed by atoms with E-state index >= 15 is 0 Å². The van der Waals surface area contributed by atoms with Gasteiger partial charge in [-0.2, -0.15) is 0 Å². The summed E-state index contributed by atoms with van der Waals surface area (Å²) < 4.78 is 0. The van der Waals surface area contributed by atoms with Gasteiger partial charge in [0.2, 0.25) is 0 Å². The van der Waals surface area contributed by atoms with Crippen molar-refractivity contribution in [2.45, 2.75) is 12.3 Å². The minimum absolute atomic E-state index is 0.492. The predicted molar refractivity (Wildman–Crippen MR) is 71.7 cm³/mol. The summed E-state index contributed by atoms with van der Waals surface area (Å²) >= 11 is 0. The van der Waals surface area contributed by atoms with Gasteiger partial charge in [-0.15, -0.1) is 5.73 Å². The maximum atomic E-state index is 3.41. The van der Waals surface area contributed by atoms with Crippen LogP contribution < -0.4 is 0 Å². The first kappa shape index (κ1) is 10.1. The third kappa shape index (κ3) is 2.08. The summed E-state index contributed by atoms with van der Waals surface area (Å²) in [5.41, 5.74) is 7.41. The molecule has 1 unspecified atom stereocenters. The second kappa shape index (κ2) is 4.45. The molecule has 2 aromatic carbocycles. The molecule has 17 heavy (non-hydrogen) atoms. The Morgan fingerprint density at radius 3 is 2.18 bits per heavy atom. The summed E-state index contributed by atoms with van der Waals surface area (Å²) in [7, 11) is 0. The van der Waals surface area contributed by atoms with Gasteiger partial charge in [-0.25, -0.2) is 0 Å². The van der Waals surface area contributed by atoms with Crippen LogP contribution in [0, 0.1) is 0 Å². The third-order valence-corrected chi connectivity index (χ3v) is 3.23. The van der Waals surface area contributed by atoms with Crippen molar-refractivity contribution >= 4 is 5.57 Å². The lowest BCUT2D eigenvalue weighted by atomic mass is 9.94. The molecular formula is C17H14. The van der Waals surface area contributed by atoms with Gasteiger partial charge in [-0.05, 0) is 23.6 Å². The van der Waals surface area contributed by atoms with Crippen molar-refractivity contribution in [3.8, 4) is 0 Å². The molecule has 0 saturated carbocycles. The molecule has 0 amide bonds. The number of rotatable bonds is 2. The number of hydrogen-bond donors (Lipinski definition) is 0. The van der Waals surface area contributed by atoms with Gasteiger partial charge in [0.15, 0.2) is 0 Å². The van der Waals surface area contributed by atoms with E-state index in [1.165, 1.54) is 16.7 Å². The smallest absolute Gasteiger partial charge is 0.0141 e. The van der Waals surface area contributed by atoms with E-state index in [0.717, 1.165) is 6.42 Å². The monoisotopic (exact) mass is 218 g/mol. The Hall–Kier alpha value is -2.04. The Bertz CT molecular complexity index is 558. The third-order valence-electron chi connectivity index (χ3n) is 3.23. The molecule has 0 radical (unpaired) electrons. The average Bonchev–Trinajstić information content (AvgIpc) is 2.90. The zero-order valence-electron chi connectivity index (χ0n) is 9.64. The van der Waals surface area contributed by atoms with Gasteiger partial charge in [-0.1, -0.05) is 60.7 Å². The van der Waals surface area contributed by atoms with Crippen LogP contribution in [0.4, 0.5) is 0 Å². The molecule has 0 spiro atoms. The number of hydrogen-bond acceptors (Lipinski definition) is 0. The summed E-state index contributed by atoms with van der Waals surface area (Å²) in [4.78, 5) is 0. The maximum absolute atomic E-state index is 3.41. The molecule has 0 aliphatic heterocycles. The zero-order chi connectivity index (χ0) is 11.5. The number of benzene rings is 2. The van der Waals surface area contributed by atoms with Gasteiger partial charge >= 0.3 is 0 Å². The highest BCUT2D eigenvalue weighted by Crippen LogP contribution is 2.33. The molecule has 1 atom stereocenters. The van der Waals surface area contributed by atoms with Crippen LogP contribution in [0.15, 0.2) is 72.5 Å². The maximum Gasteiger partial charge on any atom is 0.0141 e. The highest BCUT2D eigenvalue weighted by atomic mass is 14.2. The Kier molecular flexibility index (Phi) is 2.65. The van der Waals surface area contributed by atoms with E-state index < -0.39 is 0 Å². The molecule has 0 heteroatoms. The van der Waals surface area contributed by atoms with Crippen LogP contribution >= 0.6 is 0 Å². The topological polar surface area (TPSA) is 0 Å². The minimum atomic E-state index is 0.492. The lowest BCUT2D eigenvalue weighted by Crippen LogP contribution is -1.92. The molecule has 0 N–H and O–H groups in total. The Balaban J connectivity index is 1.81. The quantitative estimate of drug-likeness (QED) is 0.655. The van der Waals surface area contributed by atoms with E-state index in [1.807, 2.05) is 0 Å². The lowest BCUT2D eigenvalue weighted by Gasteiger charge is -2.09. The van der Waals surface area contributed by atoms with Crippen LogP contribution in [-0.4, -0.2) is 0 Å². The van der Waals surface area contributed by atoms with E-state index in [9.17, 15) is 0 Å². The van der Waals surface area contributed by atoms with Crippen LogP contribution in [0.2, 0.25) is 0 Å². The molecule has 0 fully saturated rings. The average molecular weight is 218 g/mol. The van der Waals surface area contributed by atoms with Crippen molar-refractivity contribution in [1.82, 2.24) is 0 Å². The molecule has 1 aliphatic carbocycles. The Morgan fingerprint density at radius 1 is 0.824 bits per heavy atom. The van der Waals surface area contributed by atoms with E-state index in [1.54, 1.807) is 0 Å². The van der Waals surface area contributed by atoms with E-state index in [2.05, 4.69) is 72.5 Å². The predicted octanol–water partition coefficient (Wildman–Crippen LogP) is 4.41. The van der Waals surface area contributed by atoms with Crippen molar-refractivity contribution < 1.29 is 0 Å². The summed E-state index contributed by atoms with van der Waals surface area (Å²) in [6.07, 6.45) is 3.26. The fourth-order valence-electron chi connectivity index (χ4n) is 2.29. The van der Waals surface area contributed by atoms with Crippen molar-refractivity contribution in [2.24, 2.45) is 0 Å². The van der Waals surface area contributed by atoms with E-state index in [0.29, 0.717) is 5.92 Å². The summed E-state index contributed by atoms with van der Waals surface area (Å²) in [5.74, 6) is 0.492. The second-order valence-corrected chi connectivity index (χ2v) is 4.38. The summed E-state index contributed by atoms with van der Waals surface area (Å²) in [5, 5.41) is 0. The van der Waals surface area contributed by atoms with Crippen molar-refractivity contribution in [3.05, 3.63) is 83.6 Å². The van der Waals surface area contributed by atoms with Gasteiger partial charge in [0.25, 0.3) is 0 Å². The molecule has 1 aliphatic rings. The van der Waals surface area contributed by atoms with Crippen LogP contribution in [-0.2, 0) is 0 Å². The Morgan fingerprint density at radius 2 is 1.47 bits per heavy atom. The first-order chi connectivity index (χ1) is 8.43. The molecule has 0 nitrogen and oxygen atoms in total. The molecule has 3 rings (SSSR count). The summed E-state index contributed by atoms with van der Waals surface area (Å²) in [6.45, 7) is 0. The van der Waals surface area contributed by atoms with Crippen LogP contribution in [0.25, 0.3) is 5.57 Å². The molecule has 0 aromatic heterocycles. The van der Waals surface area contributed by atoms with Crippen molar-refractivity contribution in [1.29, 1.82) is 0 Å². The number of allylic oxidation sites excluding steroid dienone is 1. The van der Waals surface area contributed by atoms with E-state index in [4.69, 9.17) is 0 Å². The second-order valence-electron chi connectivity index (χ2n) is 4.38. The molecular weight excluding hydrogens is 204 g/mol. The normalized spacial score (nSPS) is 18.1. The van der Waals surface area contributed by atoms with Crippen LogP contribution in [0.1, 0.15) is 23.5 Å². The SMILES string of the molecule is C1=CC(c2ccccc2)CC=1c1ccccc1. The Labute approximate surface area is 102 Å². The highest BCUT2D eigenvalue weighted by Gasteiger charge is 2.15. The van der Waals surface area contributed by atoms with Crippen LogP contribution in [0.3, 0.4) is 0 Å². The molecule has 0 bridgehead atoms. The van der Waals surface area contributed by atoms with Gasteiger partial charge < -0.3 is 0 Å². The van der Waals surface area contributed by atoms with Gasteiger partial charge in [0, 0.05) is 11.5 Å². The first-order valence-electron chi connectivity index (χ1n) is 5.99. The van der Waals surface area contributed by atoms with Crippen molar-refractivity contribution in [2.75, 3.05) is 0 Å². The van der Waals surface area contributed by atoms with Crippen LogP contribution in [0.5, 0.6) is 0 Å². The largest absolute Gasteiger partial charge is 0.120 e. The summed E-state index contributed by atoms with van der Waals surface area (Å²) in [6, 6.07) is 21.2. The van der Waals surface area contributed by atoms with Gasteiger partial charge in [0.05, 0.1) is 0 Å². The molecule has 0 saturated heterocycles. The first-order valence-corrected chi connectivity index (χ1v) is 5.99. The fourth-order valence-corrected chi connectivity index (χ4v) is 2.29. The highest BCUT2D eigenvalue weighted by molar-refractivity contribution is 5.68. The zero-order valence-corrected chi connectivity index (χ0v) is 9.64. The van der Waals surface area contributed by atoms with Gasteiger partial charge in [0.1, 0.15) is 0 Å². The standard InChI is InChI=1S/C17H14/c1-3-7-14(8-4-1)16-11-12-17(13-16)15-9-5-2-6-10-15/h1-11,16H,13H2. The fraction of sp³-hybridized carbons (Fsp3) is 0.118.